The van der Waals surface area contributed by atoms with Gasteiger partial charge in [0.15, 0.2) is 5.78 Å². The second-order valence-electron chi connectivity index (χ2n) is 11.8. The molecule has 1 fully saturated rings. The van der Waals surface area contributed by atoms with Crippen LogP contribution in [0.3, 0.4) is 0 Å². The van der Waals surface area contributed by atoms with E-state index in [1.807, 2.05) is 26.0 Å². The summed E-state index contributed by atoms with van der Waals surface area (Å²) in [6.07, 6.45) is 4.88. The van der Waals surface area contributed by atoms with Crippen molar-refractivity contribution in [1.29, 1.82) is 0 Å². The van der Waals surface area contributed by atoms with Crippen LogP contribution in [0.5, 0.6) is 0 Å². The molecule has 2 aliphatic rings. The molecule has 5 unspecified atom stereocenters. The molecule has 3 nitrogen and oxygen atoms in total. The number of benzene rings is 2. The summed E-state index contributed by atoms with van der Waals surface area (Å²) in [7, 11) is 0. The molecule has 0 saturated heterocycles. The first-order valence-corrected chi connectivity index (χ1v) is 13.5. The summed E-state index contributed by atoms with van der Waals surface area (Å²) in [5.41, 5.74) is 6.59. The van der Waals surface area contributed by atoms with E-state index in [0.717, 1.165) is 36.0 Å². The molecule has 0 N–H and O–H groups in total. The normalized spacial score (nSPS) is 25.4. The number of ketones is 3. The first-order chi connectivity index (χ1) is 17.0. The van der Waals surface area contributed by atoms with E-state index in [9.17, 15) is 14.4 Å². The lowest BCUT2D eigenvalue weighted by molar-refractivity contribution is -0.135. The Morgan fingerprint density at radius 1 is 0.917 bits per heavy atom. The Morgan fingerprint density at radius 3 is 2.22 bits per heavy atom. The molecule has 0 spiro atoms. The lowest BCUT2D eigenvalue weighted by Gasteiger charge is -2.38. The van der Waals surface area contributed by atoms with Crippen molar-refractivity contribution in [3.05, 3.63) is 75.9 Å². The molecule has 0 radical (unpaired) electrons. The van der Waals surface area contributed by atoms with E-state index < -0.39 is 5.78 Å². The zero-order valence-corrected chi connectivity index (χ0v) is 22.9. The number of rotatable bonds is 7. The topological polar surface area (TPSA) is 51.2 Å². The number of hydrogen-bond donors (Lipinski definition) is 0. The third-order valence-corrected chi connectivity index (χ3v) is 8.60. The highest BCUT2D eigenvalue weighted by atomic mass is 16.2. The van der Waals surface area contributed by atoms with Crippen molar-refractivity contribution in [2.45, 2.75) is 73.6 Å². The molecule has 4 rings (SSSR count). The number of fused-ring (bicyclic) bond motifs is 1. The molecule has 0 heterocycles. The molecule has 36 heavy (non-hydrogen) atoms. The van der Waals surface area contributed by atoms with Gasteiger partial charge in [0.2, 0.25) is 11.6 Å². The summed E-state index contributed by atoms with van der Waals surface area (Å²) in [6.45, 7) is 14.2. The number of carbonyl (C=O) groups is 3. The quantitative estimate of drug-likeness (QED) is 0.305. The van der Waals surface area contributed by atoms with E-state index in [4.69, 9.17) is 0 Å². The standard InChI is InChI=1S/C33H40O3/c1-18(2)31(34)33(36)30-15-22(6)26-14-23(7)28(17-29(26)30)32(35)27-13-20(4)25(12-21(27)5)16-24-10-8-19(3)9-11-24/h8-11,14-15,17-18,20-22,25,27H,12-13,16H2,1-7H3. The van der Waals surface area contributed by atoms with Gasteiger partial charge in [-0.15, -0.1) is 0 Å². The van der Waals surface area contributed by atoms with Crippen LogP contribution >= 0.6 is 0 Å². The van der Waals surface area contributed by atoms with Crippen molar-refractivity contribution in [2.75, 3.05) is 0 Å². The molecular weight excluding hydrogens is 444 g/mol. The zero-order chi connectivity index (χ0) is 26.3. The maximum absolute atomic E-state index is 13.9. The van der Waals surface area contributed by atoms with Gasteiger partial charge < -0.3 is 0 Å². The maximum atomic E-state index is 13.9. The Morgan fingerprint density at radius 2 is 1.58 bits per heavy atom. The average molecular weight is 485 g/mol. The lowest BCUT2D eigenvalue weighted by atomic mass is 9.65. The van der Waals surface area contributed by atoms with Crippen LogP contribution in [-0.4, -0.2) is 17.3 Å². The zero-order valence-electron chi connectivity index (χ0n) is 22.9. The fourth-order valence-electron chi connectivity index (χ4n) is 6.20. The van der Waals surface area contributed by atoms with E-state index in [-0.39, 0.29) is 29.3 Å². The van der Waals surface area contributed by atoms with Gasteiger partial charge in [0, 0.05) is 28.9 Å². The van der Waals surface area contributed by atoms with E-state index in [1.54, 1.807) is 13.8 Å². The molecule has 190 valence electrons. The average Bonchev–Trinajstić information content (AvgIpc) is 3.15. The van der Waals surface area contributed by atoms with Crippen molar-refractivity contribution >= 4 is 22.9 Å². The fraction of sp³-hybridized carbons (Fsp3) is 0.485. The second kappa shape index (κ2) is 10.3. The Hall–Kier alpha value is -2.81. The van der Waals surface area contributed by atoms with Crippen molar-refractivity contribution in [3.8, 4) is 0 Å². The minimum absolute atomic E-state index is 0.0229. The highest BCUT2D eigenvalue weighted by molar-refractivity contribution is 6.54. The molecule has 1 saturated carbocycles. The van der Waals surface area contributed by atoms with Crippen LogP contribution in [-0.2, 0) is 16.0 Å². The molecule has 2 aromatic carbocycles. The van der Waals surface area contributed by atoms with Crippen LogP contribution in [0.4, 0.5) is 0 Å². The summed E-state index contributed by atoms with van der Waals surface area (Å²) < 4.78 is 0. The predicted octanol–water partition coefficient (Wildman–Crippen LogP) is 7.32. The maximum Gasteiger partial charge on any atom is 0.229 e. The second-order valence-corrected chi connectivity index (χ2v) is 11.8. The molecule has 0 bridgehead atoms. The van der Waals surface area contributed by atoms with Crippen molar-refractivity contribution in [2.24, 2.45) is 29.6 Å². The van der Waals surface area contributed by atoms with Crippen LogP contribution in [0.15, 0.2) is 42.5 Å². The molecule has 0 aliphatic heterocycles. The van der Waals surface area contributed by atoms with Gasteiger partial charge in [-0.3, -0.25) is 14.4 Å². The molecule has 2 aliphatic carbocycles. The first kappa shape index (κ1) is 26.3. The third-order valence-electron chi connectivity index (χ3n) is 8.60. The number of carbonyl (C=O) groups excluding carboxylic acids is 3. The highest BCUT2D eigenvalue weighted by Gasteiger charge is 2.38. The van der Waals surface area contributed by atoms with Gasteiger partial charge in [-0.1, -0.05) is 76.6 Å². The van der Waals surface area contributed by atoms with Crippen LogP contribution < -0.4 is 0 Å². The minimum Gasteiger partial charge on any atom is -0.294 e. The van der Waals surface area contributed by atoms with Gasteiger partial charge in [-0.2, -0.15) is 0 Å². The number of aryl methyl sites for hydroxylation is 2. The number of allylic oxidation sites excluding steroid dienone is 2. The summed E-state index contributed by atoms with van der Waals surface area (Å²) in [6, 6.07) is 12.8. The smallest absolute Gasteiger partial charge is 0.229 e. The fourth-order valence-corrected chi connectivity index (χ4v) is 6.20. The Bertz CT molecular complexity index is 1210. The SMILES string of the molecule is Cc1ccc(CC2CC(C)C(C(=O)c3cc4c(cc3C)C(C)C=C4C(=O)C(=O)C(C)C)CC2C)cc1. The molecule has 0 aromatic heterocycles. The molecular formula is C33H40O3. The summed E-state index contributed by atoms with van der Waals surface area (Å²) >= 11 is 0. The number of Topliss-reactive ketones (excluding diaryl/α,β-unsaturated/α-hetero) is 3. The molecule has 3 heteroatoms. The van der Waals surface area contributed by atoms with Crippen LogP contribution in [0.1, 0.15) is 91.6 Å². The summed E-state index contributed by atoms with van der Waals surface area (Å²) in [5, 5.41) is 0. The number of hydrogen-bond acceptors (Lipinski definition) is 3. The Balaban J connectivity index is 1.56. The van der Waals surface area contributed by atoms with E-state index in [2.05, 4.69) is 51.1 Å². The van der Waals surface area contributed by atoms with Gasteiger partial charge in [-0.05, 0) is 79.2 Å². The van der Waals surface area contributed by atoms with Crippen LogP contribution in [0.25, 0.3) is 5.57 Å². The summed E-state index contributed by atoms with van der Waals surface area (Å²) in [4.78, 5) is 39.3. The third kappa shape index (κ3) is 5.03. The highest BCUT2D eigenvalue weighted by Crippen LogP contribution is 2.43. The van der Waals surface area contributed by atoms with Gasteiger partial charge in [0.25, 0.3) is 0 Å². The molecule has 2 aromatic rings. The lowest BCUT2D eigenvalue weighted by Crippen LogP contribution is -2.35. The Kier molecular flexibility index (Phi) is 7.50. The van der Waals surface area contributed by atoms with Gasteiger partial charge in [0.1, 0.15) is 0 Å². The molecule has 5 atom stereocenters. The van der Waals surface area contributed by atoms with Crippen LogP contribution in [0, 0.1) is 43.4 Å². The largest absolute Gasteiger partial charge is 0.294 e. The van der Waals surface area contributed by atoms with Crippen molar-refractivity contribution in [3.63, 3.8) is 0 Å². The summed E-state index contributed by atoms with van der Waals surface area (Å²) in [5.74, 6) is 0.403. The van der Waals surface area contributed by atoms with Crippen molar-refractivity contribution < 1.29 is 14.4 Å². The van der Waals surface area contributed by atoms with Gasteiger partial charge in [-0.25, -0.2) is 0 Å². The van der Waals surface area contributed by atoms with E-state index >= 15 is 0 Å². The molecule has 0 amide bonds. The van der Waals surface area contributed by atoms with E-state index in [0.29, 0.717) is 28.9 Å². The monoisotopic (exact) mass is 484 g/mol. The van der Waals surface area contributed by atoms with Gasteiger partial charge in [0.05, 0.1) is 0 Å². The minimum atomic E-state index is -0.434. The first-order valence-electron chi connectivity index (χ1n) is 13.5. The van der Waals surface area contributed by atoms with E-state index in [1.165, 1.54) is 11.1 Å². The van der Waals surface area contributed by atoms with Crippen molar-refractivity contribution in [1.82, 2.24) is 0 Å². The predicted molar refractivity (Wildman–Crippen MR) is 146 cm³/mol. The van der Waals surface area contributed by atoms with Crippen LogP contribution in [0.2, 0.25) is 0 Å². The van der Waals surface area contributed by atoms with Gasteiger partial charge >= 0.3 is 0 Å². The Labute approximate surface area is 216 Å².